The summed E-state index contributed by atoms with van der Waals surface area (Å²) in [5.74, 6) is 0.110. The maximum Gasteiger partial charge on any atom is 0.266 e. The highest BCUT2D eigenvalue weighted by Gasteiger charge is 2.17. The van der Waals surface area contributed by atoms with Crippen LogP contribution in [-0.2, 0) is 5.88 Å². The Morgan fingerprint density at radius 3 is 2.71 bits per heavy atom. The highest BCUT2D eigenvalue weighted by Crippen LogP contribution is 2.25. The van der Waals surface area contributed by atoms with Crippen LogP contribution in [0, 0.1) is 18.3 Å². The van der Waals surface area contributed by atoms with E-state index in [9.17, 15) is 8.78 Å². The zero-order valence-corrected chi connectivity index (χ0v) is 8.15. The fourth-order valence-electron chi connectivity index (χ4n) is 1.18. The molecule has 0 radical (unpaired) electrons. The van der Waals surface area contributed by atoms with Crippen molar-refractivity contribution in [3.63, 3.8) is 0 Å². The molecule has 0 N–H and O–H groups in total. The largest absolute Gasteiger partial charge is 0.266 e. The lowest BCUT2D eigenvalue weighted by Gasteiger charge is -2.07. The molecule has 74 valence electrons. The molecule has 0 aliphatic rings. The Labute approximate surface area is 85.1 Å². The molecule has 1 heterocycles. The van der Waals surface area contributed by atoms with Gasteiger partial charge in [0.05, 0.1) is 17.1 Å². The molecular weight excluding hydrogens is 210 g/mol. The zero-order valence-electron chi connectivity index (χ0n) is 7.39. The number of nitriles is 1. The molecule has 1 aromatic rings. The van der Waals surface area contributed by atoms with Crippen molar-refractivity contribution in [2.75, 3.05) is 0 Å². The van der Waals surface area contributed by atoms with Crippen molar-refractivity contribution in [1.29, 1.82) is 5.26 Å². The van der Waals surface area contributed by atoms with Gasteiger partial charge in [0.15, 0.2) is 0 Å². The average molecular weight is 217 g/mol. The monoisotopic (exact) mass is 216 g/mol. The third kappa shape index (κ3) is 1.99. The maximum absolute atomic E-state index is 12.5. The van der Waals surface area contributed by atoms with Gasteiger partial charge < -0.3 is 0 Å². The van der Waals surface area contributed by atoms with Crippen LogP contribution >= 0.6 is 11.6 Å². The van der Waals surface area contributed by atoms with Crippen molar-refractivity contribution in [3.8, 4) is 6.07 Å². The molecular formula is C9H7ClF2N2. The summed E-state index contributed by atoms with van der Waals surface area (Å²) in [7, 11) is 0. The molecule has 0 spiro atoms. The molecule has 0 atom stereocenters. The van der Waals surface area contributed by atoms with Crippen molar-refractivity contribution in [2.45, 2.75) is 19.2 Å². The topological polar surface area (TPSA) is 36.7 Å². The van der Waals surface area contributed by atoms with Gasteiger partial charge in [-0.15, -0.1) is 11.6 Å². The number of aryl methyl sites for hydroxylation is 1. The van der Waals surface area contributed by atoms with E-state index < -0.39 is 6.43 Å². The van der Waals surface area contributed by atoms with Crippen LogP contribution in [0.15, 0.2) is 6.07 Å². The lowest BCUT2D eigenvalue weighted by Crippen LogP contribution is -2.01. The molecule has 5 heteroatoms. The zero-order chi connectivity index (χ0) is 10.7. The maximum atomic E-state index is 12.5. The molecule has 0 amide bonds. The number of hydrogen-bond acceptors (Lipinski definition) is 2. The molecule has 0 fully saturated rings. The van der Waals surface area contributed by atoms with Crippen molar-refractivity contribution in [1.82, 2.24) is 4.98 Å². The van der Waals surface area contributed by atoms with Crippen molar-refractivity contribution < 1.29 is 8.78 Å². The van der Waals surface area contributed by atoms with Crippen LogP contribution in [0.1, 0.15) is 28.9 Å². The van der Waals surface area contributed by atoms with E-state index in [0.29, 0.717) is 11.3 Å². The molecule has 14 heavy (non-hydrogen) atoms. The van der Waals surface area contributed by atoms with E-state index in [1.165, 1.54) is 13.0 Å². The number of hydrogen-bond donors (Lipinski definition) is 0. The first-order valence-electron chi connectivity index (χ1n) is 3.84. The predicted molar refractivity (Wildman–Crippen MR) is 48.2 cm³/mol. The van der Waals surface area contributed by atoms with Crippen LogP contribution in [0.3, 0.4) is 0 Å². The Morgan fingerprint density at radius 2 is 2.29 bits per heavy atom. The van der Waals surface area contributed by atoms with Gasteiger partial charge in [0.1, 0.15) is 11.8 Å². The number of rotatable bonds is 2. The van der Waals surface area contributed by atoms with Gasteiger partial charge in [-0.3, -0.25) is 0 Å². The molecule has 0 aromatic carbocycles. The van der Waals surface area contributed by atoms with Crippen molar-refractivity contribution in [3.05, 3.63) is 28.6 Å². The van der Waals surface area contributed by atoms with Gasteiger partial charge in [0.25, 0.3) is 6.43 Å². The van der Waals surface area contributed by atoms with Gasteiger partial charge in [0.2, 0.25) is 0 Å². The third-order valence-electron chi connectivity index (χ3n) is 1.78. The molecule has 0 saturated heterocycles. The van der Waals surface area contributed by atoms with Crippen molar-refractivity contribution in [2.24, 2.45) is 0 Å². The molecule has 0 bridgehead atoms. The molecule has 0 saturated carbocycles. The van der Waals surface area contributed by atoms with E-state index in [2.05, 4.69) is 4.98 Å². The Morgan fingerprint density at radius 1 is 1.64 bits per heavy atom. The summed E-state index contributed by atoms with van der Waals surface area (Å²) in [5.41, 5.74) is 0.240. The van der Waals surface area contributed by atoms with E-state index in [4.69, 9.17) is 16.9 Å². The summed E-state index contributed by atoms with van der Waals surface area (Å²) in [6.45, 7) is 1.51. The van der Waals surface area contributed by atoms with E-state index in [1.54, 1.807) is 6.07 Å². The number of pyridine rings is 1. The summed E-state index contributed by atoms with van der Waals surface area (Å²) in [6, 6.07) is 3.11. The number of nitrogens with zero attached hydrogens (tertiary/aromatic N) is 2. The Balaban J connectivity index is 3.37. The fraction of sp³-hybridized carbons (Fsp3) is 0.333. The Kier molecular flexibility index (Phi) is 3.37. The van der Waals surface area contributed by atoms with Gasteiger partial charge in [-0.2, -0.15) is 5.26 Å². The predicted octanol–water partition coefficient (Wildman–Crippen LogP) is 2.94. The van der Waals surface area contributed by atoms with E-state index in [-0.39, 0.29) is 17.1 Å². The van der Waals surface area contributed by atoms with Crippen LogP contribution < -0.4 is 0 Å². The van der Waals surface area contributed by atoms with Gasteiger partial charge >= 0.3 is 0 Å². The lowest BCUT2D eigenvalue weighted by atomic mass is 10.1. The third-order valence-corrected chi connectivity index (χ3v) is 2.05. The molecule has 0 aliphatic carbocycles. The van der Waals surface area contributed by atoms with Crippen LogP contribution in [0.4, 0.5) is 8.78 Å². The van der Waals surface area contributed by atoms with Gasteiger partial charge in [0, 0.05) is 0 Å². The number of alkyl halides is 3. The average Bonchev–Trinajstić information content (AvgIpc) is 2.15. The second kappa shape index (κ2) is 4.34. The summed E-state index contributed by atoms with van der Waals surface area (Å²) < 4.78 is 25.0. The van der Waals surface area contributed by atoms with Gasteiger partial charge in [-0.1, -0.05) is 0 Å². The second-order valence-corrected chi connectivity index (χ2v) is 3.01. The van der Waals surface area contributed by atoms with Crippen LogP contribution in [-0.4, -0.2) is 4.98 Å². The molecule has 0 aliphatic heterocycles. The first-order chi connectivity index (χ1) is 6.60. The minimum absolute atomic E-state index is 0.110. The molecule has 1 aromatic heterocycles. The highest BCUT2D eigenvalue weighted by atomic mass is 35.5. The van der Waals surface area contributed by atoms with Crippen LogP contribution in [0.2, 0.25) is 0 Å². The number of halogens is 3. The standard InChI is InChI=1S/C9H7ClF2N2/c1-5-2-6(3-10)14-7(4-13)8(5)9(11)12/h2,9H,3H2,1H3. The molecule has 0 unspecified atom stereocenters. The minimum Gasteiger partial charge on any atom is -0.240 e. The SMILES string of the molecule is Cc1cc(CCl)nc(C#N)c1C(F)F. The van der Waals surface area contributed by atoms with Crippen LogP contribution in [0.5, 0.6) is 0 Å². The summed E-state index contributed by atoms with van der Waals surface area (Å²) in [5, 5.41) is 8.62. The number of aromatic nitrogens is 1. The van der Waals surface area contributed by atoms with E-state index in [0.717, 1.165) is 0 Å². The first-order valence-corrected chi connectivity index (χ1v) is 4.38. The molecule has 2 nitrogen and oxygen atoms in total. The van der Waals surface area contributed by atoms with Gasteiger partial charge in [-0.05, 0) is 18.6 Å². The lowest BCUT2D eigenvalue weighted by molar-refractivity contribution is 0.149. The van der Waals surface area contributed by atoms with Crippen molar-refractivity contribution >= 4 is 11.6 Å². The van der Waals surface area contributed by atoms with E-state index >= 15 is 0 Å². The molecule has 1 rings (SSSR count). The highest BCUT2D eigenvalue weighted by molar-refractivity contribution is 6.16. The second-order valence-electron chi connectivity index (χ2n) is 2.74. The normalized spacial score (nSPS) is 10.3. The quantitative estimate of drug-likeness (QED) is 0.713. The summed E-state index contributed by atoms with van der Waals surface area (Å²) in [4.78, 5) is 3.72. The Hall–Kier alpha value is -1.21. The summed E-state index contributed by atoms with van der Waals surface area (Å²) >= 11 is 5.50. The van der Waals surface area contributed by atoms with Crippen LogP contribution in [0.25, 0.3) is 0 Å². The summed E-state index contributed by atoms with van der Waals surface area (Å²) in [6.07, 6.45) is -2.68. The smallest absolute Gasteiger partial charge is 0.240 e. The van der Waals surface area contributed by atoms with Gasteiger partial charge in [-0.25, -0.2) is 13.8 Å². The fourth-order valence-corrected chi connectivity index (χ4v) is 1.32. The minimum atomic E-state index is -2.68. The first kappa shape index (κ1) is 10.9. The van der Waals surface area contributed by atoms with E-state index in [1.807, 2.05) is 0 Å². The Bertz CT molecular complexity index is 385.